The fourth-order valence-electron chi connectivity index (χ4n) is 2.57. The molecule has 0 aliphatic rings. The lowest BCUT2D eigenvalue weighted by atomic mass is 10.0. The van der Waals surface area contributed by atoms with Crippen LogP contribution in [0.15, 0.2) is 60.7 Å². The third-order valence-electron chi connectivity index (χ3n) is 4.24. The van der Waals surface area contributed by atoms with E-state index in [1.165, 1.54) is 13.8 Å². The zero-order chi connectivity index (χ0) is 21.3. The third kappa shape index (κ3) is 6.93. The van der Waals surface area contributed by atoms with Gasteiger partial charge in [-0.3, -0.25) is 15.0 Å². The van der Waals surface area contributed by atoms with E-state index in [9.17, 15) is 14.4 Å². The number of ether oxygens (including phenoxy) is 1. The molecule has 0 radical (unpaired) electrons. The van der Waals surface area contributed by atoms with E-state index in [-0.39, 0.29) is 13.0 Å². The van der Waals surface area contributed by atoms with Crippen LogP contribution in [0.25, 0.3) is 0 Å². The molecule has 0 aromatic heterocycles. The van der Waals surface area contributed by atoms with E-state index in [0.29, 0.717) is 0 Å². The lowest BCUT2D eigenvalue weighted by Gasteiger charge is -2.27. The number of nitrogens with one attached hydrogen (secondary N) is 3. The van der Waals surface area contributed by atoms with Crippen molar-refractivity contribution in [2.24, 2.45) is 5.84 Å². The summed E-state index contributed by atoms with van der Waals surface area (Å²) in [6, 6.07) is 17.5. The van der Waals surface area contributed by atoms with Gasteiger partial charge in [0.2, 0.25) is 5.91 Å². The Morgan fingerprint density at radius 1 is 0.966 bits per heavy atom. The maximum Gasteiger partial charge on any atom is 0.408 e. The Bertz CT molecular complexity index is 825. The van der Waals surface area contributed by atoms with Crippen molar-refractivity contribution in [1.29, 1.82) is 0 Å². The van der Waals surface area contributed by atoms with Crippen molar-refractivity contribution in [1.82, 2.24) is 16.1 Å². The zero-order valence-electron chi connectivity index (χ0n) is 16.5. The Labute approximate surface area is 169 Å². The van der Waals surface area contributed by atoms with E-state index >= 15 is 0 Å². The quantitative estimate of drug-likeness (QED) is 0.304. The number of amides is 3. The largest absolute Gasteiger partial charge is 0.445 e. The molecule has 1 atom stereocenters. The fraction of sp³-hybridized carbons (Fsp3) is 0.286. The molecule has 0 fully saturated rings. The monoisotopic (exact) mass is 398 g/mol. The van der Waals surface area contributed by atoms with Crippen LogP contribution in [-0.4, -0.2) is 29.5 Å². The van der Waals surface area contributed by atoms with Gasteiger partial charge in [-0.2, -0.15) is 0 Å². The summed E-state index contributed by atoms with van der Waals surface area (Å²) in [4.78, 5) is 36.9. The number of alkyl carbamates (subject to hydrolysis) is 1. The van der Waals surface area contributed by atoms with E-state index in [0.717, 1.165) is 11.1 Å². The van der Waals surface area contributed by atoms with Gasteiger partial charge >= 0.3 is 6.09 Å². The lowest BCUT2D eigenvalue weighted by molar-refractivity contribution is -0.131. The molecule has 0 spiro atoms. The van der Waals surface area contributed by atoms with Crippen LogP contribution in [0.2, 0.25) is 0 Å². The molecule has 0 heterocycles. The number of hydrogen-bond acceptors (Lipinski definition) is 5. The molecular formula is C21H26N4O4. The van der Waals surface area contributed by atoms with Crippen LogP contribution in [0.1, 0.15) is 25.0 Å². The number of carbonyl (C=O) groups is 3. The summed E-state index contributed by atoms with van der Waals surface area (Å²) < 4.78 is 5.15. The molecule has 0 unspecified atom stereocenters. The topological polar surface area (TPSA) is 123 Å². The molecule has 2 rings (SSSR count). The molecule has 8 nitrogen and oxygen atoms in total. The maximum atomic E-state index is 12.7. The summed E-state index contributed by atoms with van der Waals surface area (Å²) >= 11 is 0. The standard InChI is InChI=1S/C21H26N4O4/c1-21(2,24-20(28)29-14-16-11-7-4-8-12-16)19(27)23-17(18(26)25-22)13-15-9-5-3-6-10-15/h3-12,17H,13-14,22H2,1-2H3,(H,23,27)(H,24,28)(H,25,26)/t17-/m0/s1. The molecule has 0 bridgehead atoms. The van der Waals surface area contributed by atoms with Gasteiger partial charge in [-0.05, 0) is 25.0 Å². The van der Waals surface area contributed by atoms with Crippen molar-refractivity contribution in [2.45, 2.75) is 38.5 Å². The molecular weight excluding hydrogens is 372 g/mol. The average Bonchev–Trinajstić information content (AvgIpc) is 2.72. The Hall–Kier alpha value is -3.39. The van der Waals surface area contributed by atoms with Crippen molar-refractivity contribution < 1.29 is 19.1 Å². The van der Waals surface area contributed by atoms with E-state index < -0.39 is 29.5 Å². The van der Waals surface area contributed by atoms with Crippen molar-refractivity contribution in [3.8, 4) is 0 Å². The third-order valence-corrected chi connectivity index (χ3v) is 4.24. The summed E-state index contributed by atoms with van der Waals surface area (Å²) in [6.45, 7) is 3.12. The van der Waals surface area contributed by atoms with Crippen LogP contribution in [-0.2, 0) is 27.4 Å². The number of hydrogen-bond donors (Lipinski definition) is 4. The molecule has 0 saturated carbocycles. The van der Waals surface area contributed by atoms with Crippen LogP contribution >= 0.6 is 0 Å². The predicted octanol–water partition coefficient (Wildman–Crippen LogP) is 1.41. The van der Waals surface area contributed by atoms with E-state index in [1.807, 2.05) is 60.7 Å². The summed E-state index contributed by atoms with van der Waals surface area (Å²) in [5.41, 5.74) is 2.43. The first-order valence-corrected chi connectivity index (χ1v) is 9.16. The van der Waals surface area contributed by atoms with Gasteiger partial charge in [-0.1, -0.05) is 60.7 Å². The Balaban J connectivity index is 1.95. The highest BCUT2D eigenvalue weighted by atomic mass is 16.5. The SMILES string of the molecule is CC(C)(NC(=O)OCc1ccccc1)C(=O)N[C@@H](Cc1ccccc1)C(=O)NN. The van der Waals surface area contributed by atoms with Gasteiger partial charge in [0.05, 0.1) is 0 Å². The van der Waals surface area contributed by atoms with Crippen molar-refractivity contribution in [3.63, 3.8) is 0 Å². The van der Waals surface area contributed by atoms with Gasteiger partial charge in [0, 0.05) is 6.42 Å². The van der Waals surface area contributed by atoms with Gasteiger partial charge in [0.25, 0.3) is 5.91 Å². The van der Waals surface area contributed by atoms with Gasteiger partial charge in [0.15, 0.2) is 0 Å². The fourth-order valence-corrected chi connectivity index (χ4v) is 2.57. The first-order valence-electron chi connectivity index (χ1n) is 9.16. The van der Waals surface area contributed by atoms with Gasteiger partial charge in [-0.15, -0.1) is 0 Å². The second-order valence-corrected chi connectivity index (χ2v) is 7.04. The van der Waals surface area contributed by atoms with Crippen molar-refractivity contribution in [3.05, 3.63) is 71.8 Å². The lowest BCUT2D eigenvalue weighted by Crippen LogP contribution is -2.59. The number of rotatable bonds is 8. The van der Waals surface area contributed by atoms with E-state index in [2.05, 4.69) is 16.1 Å². The summed E-state index contributed by atoms with van der Waals surface area (Å²) in [5, 5.41) is 5.15. The smallest absolute Gasteiger partial charge is 0.408 e. The second kappa shape index (κ2) is 10.2. The molecule has 29 heavy (non-hydrogen) atoms. The minimum absolute atomic E-state index is 0.0799. The van der Waals surface area contributed by atoms with E-state index in [4.69, 9.17) is 10.6 Å². The zero-order valence-corrected chi connectivity index (χ0v) is 16.5. The average molecular weight is 398 g/mol. The Morgan fingerprint density at radius 2 is 1.52 bits per heavy atom. The van der Waals surface area contributed by atoms with Crippen molar-refractivity contribution in [2.75, 3.05) is 0 Å². The number of carbonyl (C=O) groups excluding carboxylic acids is 3. The summed E-state index contributed by atoms with van der Waals surface area (Å²) in [6.07, 6.45) is -0.485. The first kappa shape index (κ1) is 21.9. The van der Waals surface area contributed by atoms with Crippen LogP contribution in [0.5, 0.6) is 0 Å². The number of hydrazine groups is 1. The highest BCUT2D eigenvalue weighted by Gasteiger charge is 2.33. The number of nitrogens with two attached hydrogens (primary N) is 1. The molecule has 154 valence electrons. The normalized spacial score (nSPS) is 11.8. The minimum Gasteiger partial charge on any atom is -0.445 e. The number of benzene rings is 2. The van der Waals surface area contributed by atoms with E-state index in [1.54, 1.807) is 0 Å². The molecule has 3 amide bonds. The second-order valence-electron chi connectivity index (χ2n) is 7.04. The predicted molar refractivity (Wildman–Crippen MR) is 108 cm³/mol. The Kier molecular flexibility index (Phi) is 7.73. The molecule has 0 saturated heterocycles. The van der Waals surface area contributed by atoms with Crippen LogP contribution < -0.4 is 21.9 Å². The molecule has 8 heteroatoms. The highest BCUT2D eigenvalue weighted by molar-refractivity contribution is 5.93. The minimum atomic E-state index is -1.31. The molecule has 5 N–H and O–H groups in total. The maximum absolute atomic E-state index is 12.7. The van der Waals surface area contributed by atoms with Crippen LogP contribution in [0.4, 0.5) is 4.79 Å². The highest BCUT2D eigenvalue weighted by Crippen LogP contribution is 2.08. The van der Waals surface area contributed by atoms with Gasteiger partial charge in [-0.25, -0.2) is 10.6 Å². The molecule has 2 aromatic carbocycles. The molecule has 2 aromatic rings. The van der Waals surface area contributed by atoms with Crippen LogP contribution in [0, 0.1) is 0 Å². The summed E-state index contributed by atoms with van der Waals surface area (Å²) in [5.74, 6) is 4.17. The molecule has 0 aliphatic carbocycles. The molecule has 0 aliphatic heterocycles. The van der Waals surface area contributed by atoms with Crippen molar-refractivity contribution >= 4 is 17.9 Å². The summed E-state index contributed by atoms with van der Waals surface area (Å²) in [7, 11) is 0. The van der Waals surface area contributed by atoms with Crippen LogP contribution in [0.3, 0.4) is 0 Å². The Morgan fingerprint density at radius 3 is 2.07 bits per heavy atom. The first-order chi connectivity index (χ1) is 13.8. The van der Waals surface area contributed by atoms with Gasteiger partial charge < -0.3 is 15.4 Å². The van der Waals surface area contributed by atoms with Gasteiger partial charge in [0.1, 0.15) is 18.2 Å².